The first-order valence-corrected chi connectivity index (χ1v) is 15.2. The van der Waals surface area contributed by atoms with Crippen LogP contribution in [0.15, 0.2) is 73.1 Å². The molecule has 1 fully saturated rings. The fraction of sp³-hybridized carbons (Fsp3) is 0.294. The van der Waals surface area contributed by atoms with Gasteiger partial charge in [0.2, 0.25) is 5.91 Å². The number of rotatable bonds is 14. The molecule has 1 atom stereocenters. The average molecular weight is 643 g/mol. The van der Waals surface area contributed by atoms with Gasteiger partial charge in [-0.3, -0.25) is 14.8 Å². The topological polar surface area (TPSA) is 131 Å². The number of aromatic nitrogens is 2. The van der Waals surface area contributed by atoms with Crippen molar-refractivity contribution in [2.45, 2.75) is 19.1 Å². The molecule has 238 valence electrons. The second kappa shape index (κ2) is 16.0. The van der Waals surface area contributed by atoms with Crippen molar-refractivity contribution in [2.75, 3.05) is 57.7 Å². The number of amides is 1. The van der Waals surface area contributed by atoms with Gasteiger partial charge in [0.25, 0.3) is 0 Å². The Hall–Kier alpha value is -4.73. The maximum atomic E-state index is 13.0. The summed E-state index contributed by atoms with van der Waals surface area (Å²) in [6.45, 7) is 3.25. The molecule has 2 aromatic heterocycles. The zero-order valence-electron chi connectivity index (χ0n) is 25.7. The van der Waals surface area contributed by atoms with E-state index in [0.717, 1.165) is 18.7 Å². The van der Waals surface area contributed by atoms with E-state index in [1.165, 1.54) is 12.3 Å². The Labute approximate surface area is 272 Å². The summed E-state index contributed by atoms with van der Waals surface area (Å²) >= 11 is 6.57. The van der Waals surface area contributed by atoms with Crippen molar-refractivity contribution in [3.8, 4) is 17.6 Å². The molecule has 1 aliphatic rings. The third-order valence-electron chi connectivity index (χ3n) is 7.20. The van der Waals surface area contributed by atoms with E-state index in [-0.39, 0.29) is 18.6 Å². The zero-order valence-corrected chi connectivity index (χ0v) is 26.4. The third kappa shape index (κ3) is 8.71. The maximum Gasteiger partial charge on any atom is 0.248 e. The van der Waals surface area contributed by atoms with Gasteiger partial charge in [0.05, 0.1) is 53.0 Å². The Morgan fingerprint density at radius 1 is 1.22 bits per heavy atom. The van der Waals surface area contributed by atoms with Crippen LogP contribution in [0.1, 0.15) is 17.7 Å². The molecule has 0 aliphatic carbocycles. The molecule has 11 nitrogen and oxygen atoms in total. The molecule has 0 radical (unpaired) electrons. The largest absolute Gasteiger partial charge is 0.486 e. The molecule has 3 heterocycles. The molecule has 1 unspecified atom stereocenters. The third-order valence-corrected chi connectivity index (χ3v) is 7.49. The van der Waals surface area contributed by atoms with Crippen molar-refractivity contribution in [3.05, 3.63) is 89.4 Å². The second-order valence-corrected chi connectivity index (χ2v) is 11.1. The van der Waals surface area contributed by atoms with Crippen LogP contribution in [0.3, 0.4) is 0 Å². The summed E-state index contributed by atoms with van der Waals surface area (Å²) in [4.78, 5) is 23.8. The van der Waals surface area contributed by atoms with Crippen LogP contribution in [0, 0.1) is 11.3 Å². The van der Waals surface area contributed by atoms with E-state index >= 15 is 0 Å². The van der Waals surface area contributed by atoms with Crippen LogP contribution in [0.5, 0.6) is 11.5 Å². The Bertz CT molecular complexity index is 1720. The molecule has 0 spiro atoms. The first kappa shape index (κ1) is 32.7. The van der Waals surface area contributed by atoms with E-state index < -0.39 is 0 Å². The fourth-order valence-corrected chi connectivity index (χ4v) is 4.98. The number of pyridine rings is 2. The lowest BCUT2D eigenvalue weighted by atomic mass is 10.1. The molecule has 5 rings (SSSR count). The molecule has 2 N–H and O–H groups in total. The number of nitrogens with one attached hydrogen (secondary N) is 2. The van der Waals surface area contributed by atoms with Crippen LogP contribution >= 0.6 is 11.6 Å². The van der Waals surface area contributed by atoms with Crippen LogP contribution in [0.2, 0.25) is 5.02 Å². The summed E-state index contributed by atoms with van der Waals surface area (Å²) in [5.41, 5.74) is 3.25. The predicted octanol–water partition coefficient (Wildman–Crippen LogP) is 5.72. The molecule has 0 saturated carbocycles. The van der Waals surface area contributed by atoms with Crippen LogP contribution < -0.4 is 20.1 Å². The van der Waals surface area contributed by atoms with E-state index in [4.69, 9.17) is 30.5 Å². The Morgan fingerprint density at radius 2 is 2.11 bits per heavy atom. The van der Waals surface area contributed by atoms with Gasteiger partial charge in [-0.2, -0.15) is 5.26 Å². The molecule has 46 heavy (non-hydrogen) atoms. The van der Waals surface area contributed by atoms with Crippen LogP contribution in [-0.2, 0) is 20.9 Å². The van der Waals surface area contributed by atoms with Crippen molar-refractivity contribution in [2.24, 2.45) is 0 Å². The minimum absolute atomic E-state index is 0.158. The van der Waals surface area contributed by atoms with E-state index in [2.05, 4.69) is 26.7 Å². The normalized spacial score (nSPS) is 14.5. The standard InChI is InChI=1S/C34H35ClN6O5/c1-41(13-15-43-2)12-5-7-33(42)40-30-17-27-29(18-32(30)46-26-10-14-44-22-26)38-20-23(19-36)34(27)39-24-8-9-31(28(35)16-24)45-21-25-6-3-4-11-37-25/h3-9,11,16-18,20,26H,10,12-15,21-22H2,1-2H3,(H,38,39)(H,40,42)/b7-5+. The Balaban J connectivity index is 1.41. The van der Waals surface area contributed by atoms with Gasteiger partial charge in [0, 0.05) is 62.2 Å². The lowest BCUT2D eigenvalue weighted by molar-refractivity contribution is -0.111. The quantitative estimate of drug-likeness (QED) is 0.165. The number of methoxy groups -OCH3 is 1. The van der Waals surface area contributed by atoms with Gasteiger partial charge < -0.3 is 34.5 Å². The number of carbonyl (C=O) groups is 1. The molecular weight excluding hydrogens is 608 g/mol. The number of nitrogens with zero attached hydrogens (tertiary/aromatic N) is 4. The number of hydrogen-bond donors (Lipinski definition) is 2. The van der Waals surface area contributed by atoms with Gasteiger partial charge in [0.15, 0.2) is 0 Å². The molecule has 2 aromatic carbocycles. The summed E-state index contributed by atoms with van der Waals surface area (Å²) in [5, 5.41) is 17.3. The number of nitriles is 1. The van der Waals surface area contributed by atoms with E-state index in [1.807, 2.05) is 36.2 Å². The fourth-order valence-electron chi connectivity index (χ4n) is 4.75. The highest BCUT2D eigenvalue weighted by molar-refractivity contribution is 6.32. The van der Waals surface area contributed by atoms with Crippen LogP contribution in [0.4, 0.5) is 17.1 Å². The highest BCUT2D eigenvalue weighted by Crippen LogP contribution is 2.38. The molecule has 0 bridgehead atoms. The predicted molar refractivity (Wildman–Crippen MR) is 177 cm³/mol. The van der Waals surface area contributed by atoms with Gasteiger partial charge in [0.1, 0.15) is 30.3 Å². The molecule has 12 heteroatoms. The van der Waals surface area contributed by atoms with E-state index in [9.17, 15) is 10.1 Å². The molecule has 4 aromatic rings. The van der Waals surface area contributed by atoms with Crippen molar-refractivity contribution in [3.63, 3.8) is 0 Å². The van der Waals surface area contributed by atoms with Crippen LogP contribution in [0.25, 0.3) is 10.9 Å². The van der Waals surface area contributed by atoms with Gasteiger partial charge in [-0.15, -0.1) is 0 Å². The zero-order chi connectivity index (χ0) is 32.3. The van der Waals surface area contributed by atoms with E-state index in [0.29, 0.717) is 76.4 Å². The molecule has 1 saturated heterocycles. The highest BCUT2D eigenvalue weighted by Gasteiger charge is 2.21. The summed E-state index contributed by atoms with van der Waals surface area (Å²) in [5.74, 6) is 0.639. The minimum Gasteiger partial charge on any atom is -0.486 e. The number of fused-ring (bicyclic) bond motifs is 1. The first-order valence-electron chi connectivity index (χ1n) is 14.8. The van der Waals surface area contributed by atoms with Gasteiger partial charge in [-0.1, -0.05) is 23.7 Å². The average Bonchev–Trinajstić information content (AvgIpc) is 3.57. The number of halogens is 1. The van der Waals surface area contributed by atoms with Crippen molar-refractivity contribution < 1.29 is 23.7 Å². The SMILES string of the molecule is COCCN(C)C/C=C/C(=O)Nc1cc2c(Nc3ccc(OCc4ccccn4)c(Cl)c3)c(C#N)cnc2cc1OC1CCOC1. The maximum absolute atomic E-state index is 13.0. The number of anilines is 3. The second-order valence-electron chi connectivity index (χ2n) is 10.7. The Kier molecular flexibility index (Phi) is 11.4. The molecule has 1 amide bonds. The summed E-state index contributed by atoms with van der Waals surface area (Å²) in [6.07, 6.45) is 7.05. The number of benzene rings is 2. The summed E-state index contributed by atoms with van der Waals surface area (Å²) in [6, 6.07) is 16.6. The van der Waals surface area contributed by atoms with Crippen molar-refractivity contribution >= 4 is 45.5 Å². The van der Waals surface area contributed by atoms with E-state index in [1.54, 1.807) is 43.6 Å². The molecule has 1 aliphatic heterocycles. The summed E-state index contributed by atoms with van der Waals surface area (Å²) in [7, 11) is 3.60. The number of hydrogen-bond acceptors (Lipinski definition) is 10. The van der Waals surface area contributed by atoms with Gasteiger partial charge in [-0.05, 0) is 43.4 Å². The van der Waals surface area contributed by atoms with Gasteiger partial charge in [-0.25, -0.2) is 0 Å². The minimum atomic E-state index is -0.320. The first-order chi connectivity index (χ1) is 22.4. The number of carbonyl (C=O) groups excluding carboxylic acids is 1. The lowest BCUT2D eigenvalue weighted by Crippen LogP contribution is -2.23. The molecular formula is C34H35ClN6O5. The highest BCUT2D eigenvalue weighted by atomic mass is 35.5. The van der Waals surface area contributed by atoms with Gasteiger partial charge >= 0.3 is 0 Å². The lowest BCUT2D eigenvalue weighted by Gasteiger charge is -2.19. The summed E-state index contributed by atoms with van der Waals surface area (Å²) < 4.78 is 22.7. The number of likely N-dealkylation sites (N-methyl/N-ethyl adjacent to an activating group) is 1. The van der Waals surface area contributed by atoms with Crippen LogP contribution in [-0.4, -0.2) is 73.9 Å². The van der Waals surface area contributed by atoms with Crippen molar-refractivity contribution in [1.29, 1.82) is 5.26 Å². The Morgan fingerprint density at radius 3 is 2.85 bits per heavy atom. The van der Waals surface area contributed by atoms with Crippen molar-refractivity contribution in [1.82, 2.24) is 14.9 Å². The smallest absolute Gasteiger partial charge is 0.248 e. The monoisotopic (exact) mass is 642 g/mol. The number of ether oxygens (including phenoxy) is 4.